The number of alkyl halides is 1. The molecule has 0 radical (unpaired) electrons. The lowest BCUT2D eigenvalue weighted by Gasteiger charge is -2.09. The molecule has 1 heterocycles. The summed E-state index contributed by atoms with van der Waals surface area (Å²) < 4.78 is 22.4. The van der Waals surface area contributed by atoms with Gasteiger partial charge in [0.2, 0.25) is 0 Å². The molecule has 2 unspecified atom stereocenters. The van der Waals surface area contributed by atoms with Crippen LogP contribution < -0.4 is 5.09 Å². The fourth-order valence-electron chi connectivity index (χ4n) is 0.813. The Bertz CT molecular complexity index is 177. The second kappa shape index (κ2) is 4.18. The normalized spacial score (nSPS) is 37.8. The van der Waals surface area contributed by atoms with E-state index < -0.39 is 7.75 Å². The van der Waals surface area contributed by atoms with Crippen LogP contribution in [0.1, 0.15) is 6.92 Å². The van der Waals surface area contributed by atoms with Gasteiger partial charge in [-0.1, -0.05) is 22.6 Å². The number of halogens is 1. The predicted molar refractivity (Wildman–Crippen MR) is 51.0 cm³/mol. The zero-order valence-electron chi connectivity index (χ0n) is 6.25. The smallest absolute Gasteiger partial charge is 0.297 e. The Kier molecular flexibility index (Phi) is 3.77. The van der Waals surface area contributed by atoms with E-state index in [9.17, 15) is 4.57 Å². The van der Waals surface area contributed by atoms with Crippen molar-refractivity contribution in [1.29, 1.82) is 0 Å². The summed E-state index contributed by atoms with van der Waals surface area (Å²) in [5.41, 5.74) is 0. The first-order valence-electron chi connectivity index (χ1n) is 3.44. The quantitative estimate of drug-likeness (QED) is 0.487. The summed E-state index contributed by atoms with van der Waals surface area (Å²) >= 11 is 2.19. The van der Waals surface area contributed by atoms with Gasteiger partial charge in [-0.25, -0.2) is 9.65 Å². The van der Waals surface area contributed by atoms with Crippen molar-refractivity contribution >= 4 is 30.3 Å². The van der Waals surface area contributed by atoms with Crippen molar-refractivity contribution in [3.8, 4) is 0 Å². The maximum Gasteiger partial charge on any atom is 0.405 e. The maximum atomic E-state index is 11.4. The highest BCUT2D eigenvalue weighted by atomic mass is 127. The fourth-order valence-corrected chi connectivity index (χ4v) is 3.12. The summed E-state index contributed by atoms with van der Waals surface area (Å²) in [6, 6.07) is 0. The maximum absolute atomic E-state index is 11.4. The molecule has 0 aliphatic carbocycles. The molecule has 1 aliphatic rings. The van der Waals surface area contributed by atoms with Gasteiger partial charge in [-0.05, 0) is 6.92 Å². The van der Waals surface area contributed by atoms with Gasteiger partial charge in [0.05, 0.1) is 12.7 Å². The Morgan fingerprint density at radius 3 is 3.09 bits per heavy atom. The van der Waals surface area contributed by atoms with E-state index in [2.05, 4.69) is 27.7 Å². The van der Waals surface area contributed by atoms with Crippen molar-refractivity contribution in [2.45, 2.75) is 13.0 Å². The molecule has 0 saturated carbocycles. The molecule has 11 heavy (non-hydrogen) atoms. The monoisotopic (exact) mass is 291 g/mol. The van der Waals surface area contributed by atoms with Crippen LogP contribution in [0.4, 0.5) is 0 Å². The van der Waals surface area contributed by atoms with E-state index in [0.717, 1.165) is 4.43 Å². The van der Waals surface area contributed by atoms with E-state index in [1.807, 2.05) is 0 Å². The zero-order valence-corrected chi connectivity index (χ0v) is 9.30. The lowest BCUT2D eigenvalue weighted by molar-refractivity contribution is 0.201. The third-order valence-electron chi connectivity index (χ3n) is 1.27. The highest BCUT2D eigenvalue weighted by Gasteiger charge is 2.35. The van der Waals surface area contributed by atoms with Crippen molar-refractivity contribution in [3.63, 3.8) is 0 Å². The molecule has 1 fully saturated rings. The van der Waals surface area contributed by atoms with Crippen LogP contribution in [0.15, 0.2) is 0 Å². The van der Waals surface area contributed by atoms with Crippen LogP contribution in [0.5, 0.6) is 0 Å². The summed E-state index contributed by atoms with van der Waals surface area (Å²) in [6.07, 6.45) is 0.0352. The van der Waals surface area contributed by atoms with E-state index >= 15 is 0 Å². The summed E-state index contributed by atoms with van der Waals surface area (Å²) in [7, 11) is -2.90. The highest BCUT2D eigenvalue weighted by Crippen LogP contribution is 2.48. The molecule has 6 heteroatoms. The average Bonchev–Trinajstić information content (AvgIpc) is 2.33. The van der Waals surface area contributed by atoms with Crippen molar-refractivity contribution in [3.05, 3.63) is 0 Å². The molecule has 1 aliphatic heterocycles. The van der Waals surface area contributed by atoms with Crippen LogP contribution >= 0.6 is 30.3 Å². The molecule has 0 aromatic heterocycles. The van der Waals surface area contributed by atoms with E-state index in [0.29, 0.717) is 13.2 Å². The largest absolute Gasteiger partial charge is 0.405 e. The minimum Gasteiger partial charge on any atom is -0.297 e. The lowest BCUT2D eigenvalue weighted by atomic mass is 10.4. The first kappa shape index (κ1) is 9.92. The SMILES string of the molecule is CCOP1(=O)NCC(CI)O1. The molecule has 0 aromatic carbocycles. The number of rotatable bonds is 3. The van der Waals surface area contributed by atoms with Gasteiger partial charge in [0.15, 0.2) is 0 Å². The standard InChI is InChI=1S/C5H11INO3P/c1-2-9-11(8)7-4-5(3-6)10-11/h5H,2-4H2,1H3,(H,7,8). The van der Waals surface area contributed by atoms with Gasteiger partial charge in [0.1, 0.15) is 0 Å². The molecule has 0 aromatic rings. The van der Waals surface area contributed by atoms with Crippen LogP contribution in [0.2, 0.25) is 0 Å². The number of hydrogen-bond donors (Lipinski definition) is 1. The number of nitrogens with one attached hydrogen (secondary N) is 1. The van der Waals surface area contributed by atoms with E-state index in [4.69, 9.17) is 9.05 Å². The fraction of sp³-hybridized carbons (Fsp3) is 1.00. The Morgan fingerprint density at radius 1 is 1.91 bits per heavy atom. The molecule has 0 spiro atoms. The topological polar surface area (TPSA) is 47.6 Å². The first-order chi connectivity index (χ1) is 5.20. The van der Waals surface area contributed by atoms with Crippen molar-refractivity contribution in [2.75, 3.05) is 17.6 Å². The third-order valence-corrected chi connectivity index (χ3v) is 4.00. The molecule has 2 atom stereocenters. The van der Waals surface area contributed by atoms with E-state index in [1.165, 1.54) is 0 Å². The molecule has 0 bridgehead atoms. The van der Waals surface area contributed by atoms with Gasteiger partial charge in [0.25, 0.3) is 0 Å². The van der Waals surface area contributed by atoms with Crippen molar-refractivity contribution in [2.24, 2.45) is 0 Å². The van der Waals surface area contributed by atoms with Gasteiger partial charge in [0, 0.05) is 11.0 Å². The minimum absolute atomic E-state index is 0.0352. The van der Waals surface area contributed by atoms with Crippen LogP contribution in [0.25, 0.3) is 0 Å². The van der Waals surface area contributed by atoms with Gasteiger partial charge >= 0.3 is 7.75 Å². The molecule has 1 N–H and O–H groups in total. The lowest BCUT2D eigenvalue weighted by Crippen LogP contribution is -2.14. The first-order valence-corrected chi connectivity index (χ1v) is 6.51. The number of hydrogen-bond acceptors (Lipinski definition) is 3. The minimum atomic E-state index is -2.90. The molecule has 66 valence electrons. The summed E-state index contributed by atoms with van der Waals surface area (Å²) in [4.78, 5) is 0. The molecular weight excluding hydrogens is 280 g/mol. The molecule has 4 nitrogen and oxygen atoms in total. The van der Waals surface area contributed by atoms with E-state index in [1.54, 1.807) is 6.92 Å². The van der Waals surface area contributed by atoms with Gasteiger partial charge in [-0.15, -0.1) is 0 Å². The average molecular weight is 291 g/mol. The van der Waals surface area contributed by atoms with Crippen molar-refractivity contribution < 1.29 is 13.6 Å². The summed E-state index contributed by atoms with van der Waals surface area (Å²) in [5, 5.41) is 2.74. The predicted octanol–water partition coefficient (Wildman–Crippen LogP) is 1.55. The second-order valence-electron chi connectivity index (χ2n) is 2.16. The highest BCUT2D eigenvalue weighted by molar-refractivity contribution is 14.1. The Balaban J connectivity index is 2.44. The third kappa shape index (κ3) is 2.66. The van der Waals surface area contributed by atoms with Crippen molar-refractivity contribution in [1.82, 2.24) is 5.09 Å². The van der Waals surface area contributed by atoms with Crippen LogP contribution in [-0.2, 0) is 13.6 Å². The van der Waals surface area contributed by atoms with Crippen LogP contribution in [0.3, 0.4) is 0 Å². The van der Waals surface area contributed by atoms with Gasteiger partial charge in [-0.2, -0.15) is 0 Å². The van der Waals surface area contributed by atoms with E-state index in [-0.39, 0.29) is 6.10 Å². The van der Waals surface area contributed by atoms with Crippen LogP contribution in [-0.4, -0.2) is 23.7 Å². The Hall–Kier alpha value is 0.840. The Morgan fingerprint density at radius 2 is 2.64 bits per heavy atom. The zero-order chi connectivity index (χ0) is 8.32. The Labute approximate surface area is 79.8 Å². The van der Waals surface area contributed by atoms with Gasteiger partial charge in [-0.3, -0.25) is 9.05 Å². The summed E-state index contributed by atoms with van der Waals surface area (Å²) in [5.74, 6) is 0. The summed E-state index contributed by atoms with van der Waals surface area (Å²) in [6.45, 7) is 2.83. The molecule has 1 rings (SSSR count). The van der Waals surface area contributed by atoms with Crippen LogP contribution in [0, 0.1) is 0 Å². The second-order valence-corrected chi connectivity index (χ2v) is 4.82. The van der Waals surface area contributed by atoms with Gasteiger partial charge < -0.3 is 0 Å². The molecule has 1 saturated heterocycles. The molecular formula is C5H11INO3P. The molecule has 0 amide bonds.